The van der Waals surface area contributed by atoms with Crippen LogP contribution in [-0.2, 0) is 4.79 Å². The maximum atomic E-state index is 12.2. The van der Waals surface area contributed by atoms with Gasteiger partial charge in [-0.05, 0) is 37.2 Å². The number of thioether (sulfide) groups is 1. The fraction of sp³-hybridized carbons (Fsp3) is 0.917. The van der Waals surface area contributed by atoms with Crippen molar-refractivity contribution in [2.24, 2.45) is 5.92 Å². The molecule has 15 heavy (non-hydrogen) atoms. The lowest BCUT2D eigenvalue weighted by Crippen LogP contribution is -2.38. The Balaban J connectivity index is 1.87. The van der Waals surface area contributed by atoms with Crippen molar-refractivity contribution < 1.29 is 4.79 Å². The fourth-order valence-corrected chi connectivity index (χ4v) is 3.60. The Bertz CT molecular complexity index is 206. The second kappa shape index (κ2) is 5.78. The van der Waals surface area contributed by atoms with E-state index in [2.05, 4.69) is 4.90 Å². The fourth-order valence-electron chi connectivity index (χ4n) is 2.49. The lowest BCUT2D eigenvalue weighted by atomic mass is 10.0. The van der Waals surface area contributed by atoms with Crippen molar-refractivity contribution in [1.82, 2.24) is 4.90 Å². The van der Waals surface area contributed by atoms with Gasteiger partial charge in [-0.2, -0.15) is 11.8 Å². The van der Waals surface area contributed by atoms with Crippen LogP contribution in [0, 0.1) is 5.92 Å². The van der Waals surface area contributed by atoms with Crippen LogP contribution in [0.3, 0.4) is 0 Å². The van der Waals surface area contributed by atoms with Crippen LogP contribution in [0.2, 0.25) is 0 Å². The van der Waals surface area contributed by atoms with Crippen LogP contribution in [0.5, 0.6) is 0 Å². The van der Waals surface area contributed by atoms with E-state index in [9.17, 15) is 4.79 Å². The summed E-state index contributed by atoms with van der Waals surface area (Å²) in [5.41, 5.74) is 0. The van der Waals surface area contributed by atoms with E-state index in [0.29, 0.717) is 11.8 Å². The zero-order valence-electron chi connectivity index (χ0n) is 9.41. The van der Waals surface area contributed by atoms with Crippen LogP contribution < -0.4 is 0 Å². The van der Waals surface area contributed by atoms with Crippen molar-refractivity contribution in [2.75, 3.05) is 24.6 Å². The monoisotopic (exact) mass is 227 g/mol. The van der Waals surface area contributed by atoms with Crippen LogP contribution in [-0.4, -0.2) is 35.4 Å². The zero-order valence-corrected chi connectivity index (χ0v) is 10.2. The highest BCUT2D eigenvalue weighted by Gasteiger charge is 2.26. The second-order valence-electron chi connectivity index (χ2n) is 4.63. The van der Waals surface area contributed by atoms with Gasteiger partial charge in [0.2, 0.25) is 5.91 Å². The van der Waals surface area contributed by atoms with Crippen molar-refractivity contribution in [3.05, 3.63) is 0 Å². The van der Waals surface area contributed by atoms with Gasteiger partial charge in [0.15, 0.2) is 0 Å². The normalized spacial score (nSPS) is 24.9. The number of carbonyl (C=O) groups excluding carboxylic acids is 1. The number of hydrogen-bond acceptors (Lipinski definition) is 2. The summed E-state index contributed by atoms with van der Waals surface area (Å²) in [6.07, 6.45) is 7.27. The minimum absolute atomic E-state index is 0.351. The summed E-state index contributed by atoms with van der Waals surface area (Å²) in [5, 5.41) is 0. The Morgan fingerprint density at radius 3 is 2.20 bits per heavy atom. The molecule has 0 N–H and O–H groups in total. The highest BCUT2D eigenvalue weighted by atomic mass is 32.2. The topological polar surface area (TPSA) is 20.3 Å². The molecule has 0 saturated carbocycles. The minimum atomic E-state index is 0.351. The Morgan fingerprint density at radius 1 is 1.00 bits per heavy atom. The molecule has 0 aromatic carbocycles. The molecule has 0 aliphatic carbocycles. The molecule has 2 nitrogen and oxygen atoms in total. The lowest BCUT2D eigenvalue weighted by Gasteiger charge is -2.28. The average molecular weight is 227 g/mol. The first-order chi connectivity index (χ1) is 7.38. The van der Waals surface area contributed by atoms with Crippen LogP contribution in [0.25, 0.3) is 0 Å². The average Bonchev–Trinajstić information content (AvgIpc) is 2.58. The van der Waals surface area contributed by atoms with Gasteiger partial charge < -0.3 is 4.90 Å². The maximum absolute atomic E-state index is 12.2. The summed E-state index contributed by atoms with van der Waals surface area (Å²) in [6.45, 7) is 2.03. The highest BCUT2D eigenvalue weighted by Crippen LogP contribution is 2.25. The first-order valence-corrected chi connectivity index (χ1v) is 7.40. The predicted octanol–water partition coefficient (Wildman–Crippen LogP) is 2.53. The van der Waals surface area contributed by atoms with Gasteiger partial charge in [0.1, 0.15) is 0 Å². The molecule has 0 bridgehead atoms. The molecule has 2 saturated heterocycles. The van der Waals surface area contributed by atoms with Gasteiger partial charge in [0, 0.05) is 19.0 Å². The molecule has 0 spiro atoms. The largest absolute Gasteiger partial charge is 0.342 e. The van der Waals surface area contributed by atoms with Crippen LogP contribution in [0.1, 0.15) is 38.5 Å². The first kappa shape index (κ1) is 11.3. The maximum Gasteiger partial charge on any atom is 0.225 e. The summed E-state index contributed by atoms with van der Waals surface area (Å²) in [4.78, 5) is 14.4. The standard InChI is InChI=1S/C12H21NOS/c14-12(11-5-9-15-10-6-11)13-7-3-1-2-4-8-13/h11H,1-10H2. The van der Waals surface area contributed by atoms with Gasteiger partial charge >= 0.3 is 0 Å². The molecule has 2 aliphatic rings. The number of carbonyl (C=O) groups is 1. The van der Waals surface area contributed by atoms with E-state index in [1.165, 1.54) is 37.2 Å². The van der Waals surface area contributed by atoms with E-state index in [1.54, 1.807) is 0 Å². The highest BCUT2D eigenvalue weighted by molar-refractivity contribution is 7.99. The van der Waals surface area contributed by atoms with Crippen molar-refractivity contribution in [1.29, 1.82) is 0 Å². The molecule has 2 rings (SSSR count). The molecule has 2 aliphatic heterocycles. The summed E-state index contributed by atoms with van der Waals surface area (Å²) in [5.74, 6) is 3.18. The van der Waals surface area contributed by atoms with Crippen molar-refractivity contribution in [3.8, 4) is 0 Å². The molecule has 2 fully saturated rings. The quantitative estimate of drug-likeness (QED) is 0.686. The molecular formula is C12H21NOS. The summed E-state index contributed by atoms with van der Waals surface area (Å²) in [7, 11) is 0. The van der Waals surface area contributed by atoms with Gasteiger partial charge in [-0.1, -0.05) is 12.8 Å². The van der Waals surface area contributed by atoms with E-state index < -0.39 is 0 Å². The van der Waals surface area contributed by atoms with Crippen molar-refractivity contribution >= 4 is 17.7 Å². The number of amides is 1. The second-order valence-corrected chi connectivity index (χ2v) is 5.85. The zero-order chi connectivity index (χ0) is 10.5. The SMILES string of the molecule is O=C(C1CCSCC1)N1CCCCCC1. The Labute approximate surface area is 96.8 Å². The van der Waals surface area contributed by atoms with Gasteiger partial charge in [-0.15, -0.1) is 0 Å². The van der Waals surface area contributed by atoms with E-state index in [-0.39, 0.29) is 0 Å². The van der Waals surface area contributed by atoms with Gasteiger partial charge in [-0.3, -0.25) is 4.79 Å². The Morgan fingerprint density at radius 2 is 1.60 bits per heavy atom. The molecular weight excluding hydrogens is 206 g/mol. The van der Waals surface area contributed by atoms with Crippen LogP contribution >= 0.6 is 11.8 Å². The summed E-state index contributed by atoms with van der Waals surface area (Å²) >= 11 is 2.00. The number of hydrogen-bond donors (Lipinski definition) is 0. The smallest absolute Gasteiger partial charge is 0.225 e. The molecule has 1 amide bonds. The van der Waals surface area contributed by atoms with Gasteiger partial charge in [0.05, 0.1) is 0 Å². The summed E-state index contributed by atoms with van der Waals surface area (Å²) in [6, 6.07) is 0. The molecule has 3 heteroatoms. The molecule has 0 radical (unpaired) electrons. The molecule has 86 valence electrons. The third kappa shape index (κ3) is 3.13. The van der Waals surface area contributed by atoms with Crippen molar-refractivity contribution in [3.63, 3.8) is 0 Å². The van der Waals surface area contributed by atoms with E-state index in [1.807, 2.05) is 11.8 Å². The molecule has 0 unspecified atom stereocenters. The third-order valence-corrected chi connectivity index (χ3v) is 4.54. The molecule has 2 heterocycles. The number of nitrogens with zero attached hydrogens (tertiary/aromatic N) is 1. The number of rotatable bonds is 1. The minimum Gasteiger partial charge on any atom is -0.342 e. The summed E-state index contributed by atoms with van der Waals surface area (Å²) < 4.78 is 0. The number of likely N-dealkylation sites (tertiary alicyclic amines) is 1. The molecule has 0 aromatic rings. The molecule has 0 aromatic heterocycles. The third-order valence-electron chi connectivity index (χ3n) is 3.49. The van der Waals surface area contributed by atoms with E-state index in [4.69, 9.17) is 0 Å². The predicted molar refractivity (Wildman–Crippen MR) is 65.1 cm³/mol. The van der Waals surface area contributed by atoms with Crippen LogP contribution in [0.4, 0.5) is 0 Å². The van der Waals surface area contributed by atoms with Gasteiger partial charge in [0.25, 0.3) is 0 Å². The van der Waals surface area contributed by atoms with Crippen molar-refractivity contribution in [2.45, 2.75) is 38.5 Å². The molecule has 0 atom stereocenters. The lowest BCUT2D eigenvalue weighted by molar-refractivity contribution is -0.135. The van der Waals surface area contributed by atoms with Gasteiger partial charge in [-0.25, -0.2) is 0 Å². The Kier molecular flexibility index (Phi) is 4.36. The van der Waals surface area contributed by atoms with E-state index in [0.717, 1.165) is 25.9 Å². The van der Waals surface area contributed by atoms with Crippen LogP contribution in [0.15, 0.2) is 0 Å². The first-order valence-electron chi connectivity index (χ1n) is 6.24. The van der Waals surface area contributed by atoms with E-state index >= 15 is 0 Å². The Hall–Kier alpha value is -0.180.